The maximum Gasteiger partial charge on any atom is 0.141 e. The monoisotopic (exact) mass is 273 g/mol. The lowest BCUT2D eigenvalue weighted by Crippen LogP contribution is -2.21. The second kappa shape index (κ2) is 5.55. The fourth-order valence-corrected chi connectivity index (χ4v) is 2.55. The number of aromatic nitrogens is 2. The molecule has 0 aliphatic carbocycles. The summed E-state index contributed by atoms with van der Waals surface area (Å²) in [7, 11) is -1.03. The summed E-state index contributed by atoms with van der Waals surface area (Å²) in [4.78, 5) is 4.25. The average Bonchev–Trinajstić information content (AvgIpc) is 2.75. The lowest BCUT2D eigenvalue weighted by Gasteiger charge is -2.15. The van der Waals surface area contributed by atoms with Gasteiger partial charge in [-0.3, -0.25) is 0 Å². The molecule has 2 rings (SSSR count). The maximum absolute atomic E-state index is 8.81. The molecule has 0 aromatic carbocycles. The van der Waals surface area contributed by atoms with Gasteiger partial charge in [-0.25, -0.2) is 4.98 Å². The third-order valence-corrected chi connectivity index (χ3v) is 4.67. The molecule has 0 unspecified atom stereocenters. The summed E-state index contributed by atoms with van der Waals surface area (Å²) in [6.45, 7) is 8.37. The summed E-state index contributed by atoms with van der Waals surface area (Å²) in [6, 6.07) is 8.79. The van der Waals surface area contributed by atoms with Gasteiger partial charge < -0.3 is 9.30 Å². The molecule has 5 heteroatoms. The van der Waals surface area contributed by atoms with E-state index in [-0.39, 0.29) is 0 Å². The first-order chi connectivity index (χ1) is 8.99. The minimum Gasteiger partial charge on any atom is -0.361 e. The summed E-state index contributed by atoms with van der Waals surface area (Å²) in [5.41, 5.74) is 2.30. The highest BCUT2D eigenvalue weighted by Gasteiger charge is 2.12. The molecule has 0 saturated carbocycles. The molecule has 0 N–H and O–H groups in total. The first kappa shape index (κ1) is 13.8. The predicted molar refractivity (Wildman–Crippen MR) is 78.6 cm³/mol. The molecule has 2 aromatic heterocycles. The number of fused-ring (bicyclic) bond motifs is 1. The molecule has 0 bridgehead atoms. The van der Waals surface area contributed by atoms with Crippen molar-refractivity contribution in [2.45, 2.75) is 32.4 Å². The van der Waals surface area contributed by atoms with E-state index in [9.17, 15) is 0 Å². The normalized spacial score (nSPS) is 11.7. The van der Waals surface area contributed by atoms with Gasteiger partial charge in [-0.1, -0.05) is 19.6 Å². The average molecular weight is 273 g/mol. The number of nitriles is 1. The Hall–Kier alpha value is -1.64. The van der Waals surface area contributed by atoms with Crippen molar-refractivity contribution in [1.82, 2.24) is 9.55 Å². The lowest BCUT2D eigenvalue weighted by atomic mass is 10.3. The molecule has 19 heavy (non-hydrogen) atoms. The van der Waals surface area contributed by atoms with E-state index in [1.54, 1.807) is 6.07 Å². The minimum atomic E-state index is -1.03. The van der Waals surface area contributed by atoms with Crippen LogP contribution in [0.3, 0.4) is 0 Å². The van der Waals surface area contributed by atoms with Crippen molar-refractivity contribution in [2.24, 2.45) is 0 Å². The van der Waals surface area contributed by atoms with Crippen LogP contribution in [-0.2, 0) is 11.5 Å². The van der Waals surface area contributed by atoms with Crippen molar-refractivity contribution < 1.29 is 4.74 Å². The molecule has 2 aromatic rings. The molecule has 0 radical (unpaired) electrons. The van der Waals surface area contributed by atoms with Gasteiger partial charge in [0, 0.05) is 20.9 Å². The Kier molecular flexibility index (Phi) is 4.03. The van der Waals surface area contributed by atoms with E-state index < -0.39 is 8.07 Å². The highest BCUT2D eigenvalue weighted by Crippen LogP contribution is 2.15. The smallest absolute Gasteiger partial charge is 0.141 e. The number of pyridine rings is 1. The molecule has 0 fully saturated rings. The molecular weight excluding hydrogens is 254 g/mol. The van der Waals surface area contributed by atoms with Crippen LogP contribution in [0.25, 0.3) is 11.0 Å². The van der Waals surface area contributed by atoms with Crippen molar-refractivity contribution in [3.8, 4) is 6.07 Å². The SMILES string of the molecule is C[Si](C)(C)CCOCn1ccc2nc(C#N)ccc21. The lowest BCUT2D eigenvalue weighted by molar-refractivity contribution is 0.0902. The van der Waals surface area contributed by atoms with E-state index in [1.807, 2.05) is 22.9 Å². The van der Waals surface area contributed by atoms with Crippen molar-refractivity contribution in [3.05, 3.63) is 30.1 Å². The van der Waals surface area contributed by atoms with Gasteiger partial charge in [-0.05, 0) is 24.2 Å². The van der Waals surface area contributed by atoms with E-state index in [2.05, 4.69) is 30.7 Å². The zero-order valence-corrected chi connectivity index (χ0v) is 12.7. The molecule has 100 valence electrons. The van der Waals surface area contributed by atoms with Gasteiger partial charge in [0.25, 0.3) is 0 Å². The van der Waals surface area contributed by atoms with E-state index >= 15 is 0 Å². The summed E-state index contributed by atoms with van der Waals surface area (Å²) < 4.78 is 7.75. The summed E-state index contributed by atoms with van der Waals surface area (Å²) in [5, 5.41) is 8.81. The third-order valence-electron chi connectivity index (χ3n) is 2.97. The third kappa shape index (κ3) is 3.66. The number of ether oxygens (including phenoxy) is 1. The largest absolute Gasteiger partial charge is 0.361 e. The number of hydrogen-bond acceptors (Lipinski definition) is 3. The van der Waals surface area contributed by atoms with Crippen LogP contribution in [0.15, 0.2) is 24.4 Å². The Morgan fingerprint density at radius 3 is 2.79 bits per heavy atom. The van der Waals surface area contributed by atoms with Crippen molar-refractivity contribution in [3.63, 3.8) is 0 Å². The maximum atomic E-state index is 8.81. The molecule has 0 atom stereocenters. The van der Waals surface area contributed by atoms with Gasteiger partial charge in [0.15, 0.2) is 0 Å². The van der Waals surface area contributed by atoms with Crippen molar-refractivity contribution in [2.75, 3.05) is 6.61 Å². The fourth-order valence-electron chi connectivity index (χ4n) is 1.79. The van der Waals surface area contributed by atoms with Gasteiger partial charge in [0.2, 0.25) is 0 Å². The molecule has 0 saturated heterocycles. The minimum absolute atomic E-state index is 0.449. The van der Waals surface area contributed by atoms with Gasteiger partial charge in [-0.15, -0.1) is 0 Å². The number of hydrogen-bond donors (Lipinski definition) is 0. The van der Waals surface area contributed by atoms with Crippen LogP contribution in [-0.4, -0.2) is 24.2 Å². The van der Waals surface area contributed by atoms with Gasteiger partial charge in [0.05, 0.1) is 11.0 Å². The first-order valence-electron chi connectivity index (χ1n) is 6.43. The fraction of sp³-hybridized carbons (Fsp3) is 0.429. The van der Waals surface area contributed by atoms with E-state index in [0.717, 1.165) is 17.6 Å². The topological polar surface area (TPSA) is 50.8 Å². The van der Waals surface area contributed by atoms with Crippen molar-refractivity contribution >= 4 is 19.1 Å². The molecule has 0 aliphatic rings. The highest BCUT2D eigenvalue weighted by molar-refractivity contribution is 6.76. The molecular formula is C14H19N3OSi. The Labute approximate surface area is 114 Å². The van der Waals surface area contributed by atoms with E-state index in [0.29, 0.717) is 12.4 Å². The van der Waals surface area contributed by atoms with Crippen LogP contribution in [0.1, 0.15) is 5.69 Å². The zero-order valence-electron chi connectivity index (χ0n) is 11.7. The first-order valence-corrected chi connectivity index (χ1v) is 10.1. The summed E-state index contributed by atoms with van der Waals surface area (Å²) in [5.74, 6) is 0. The van der Waals surface area contributed by atoms with Gasteiger partial charge in [-0.2, -0.15) is 5.26 Å². The summed E-state index contributed by atoms with van der Waals surface area (Å²) in [6.07, 6.45) is 1.95. The Bertz CT molecular complexity index is 607. The van der Waals surface area contributed by atoms with Gasteiger partial charge in [0.1, 0.15) is 18.5 Å². The second-order valence-corrected chi connectivity index (χ2v) is 11.5. The molecule has 2 heterocycles. The number of nitrogens with zero attached hydrogens (tertiary/aromatic N) is 3. The van der Waals surface area contributed by atoms with Crippen LogP contribution in [0.4, 0.5) is 0 Å². The summed E-state index contributed by atoms with van der Waals surface area (Å²) >= 11 is 0. The van der Waals surface area contributed by atoms with Crippen LogP contribution < -0.4 is 0 Å². The Morgan fingerprint density at radius 1 is 1.32 bits per heavy atom. The molecule has 0 spiro atoms. The zero-order chi connectivity index (χ0) is 13.9. The predicted octanol–water partition coefficient (Wildman–Crippen LogP) is 3.22. The van der Waals surface area contributed by atoms with Crippen LogP contribution >= 0.6 is 0 Å². The Morgan fingerprint density at radius 2 is 2.11 bits per heavy atom. The van der Waals surface area contributed by atoms with Crippen LogP contribution in [0.2, 0.25) is 25.7 Å². The molecule has 0 amide bonds. The van der Waals surface area contributed by atoms with E-state index in [4.69, 9.17) is 10.00 Å². The van der Waals surface area contributed by atoms with Crippen LogP contribution in [0, 0.1) is 11.3 Å². The number of rotatable bonds is 5. The standard InChI is InChI=1S/C14H19N3OSi/c1-19(2,3)9-8-18-11-17-7-6-13-14(17)5-4-12(10-15)16-13/h4-7H,8-9,11H2,1-3H3. The Balaban J connectivity index is 2.00. The second-order valence-electron chi connectivity index (χ2n) is 5.85. The van der Waals surface area contributed by atoms with Gasteiger partial charge >= 0.3 is 0 Å². The molecule has 4 nitrogen and oxygen atoms in total. The van der Waals surface area contributed by atoms with Crippen molar-refractivity contribution in [1.29, 1.82) is 5.26 Å². The quantitative estimate of drug-likeness (QED) is 0.621. The van der Waals surface area contributed by atoms with E-state index in [1.165, 1.54) is 6.04 Å². The molecule has 0 aliphatic heterocycles. The van der Waals surface area contributed by atoms with Crippen LogP contribution in [0.5, 0.6) is 0 Å². The highest BCUT2D eigenvalue weighted by atomic mass is 28.3.